The van der Waals surface area contributed by atoms with E-state index in [9.17, 15) is 0 Å². The molecule has 25 heavy (non-hydrogen) atoms. The summed E-state index contributed by atoms with van der Waals surface area (Å²) in [6.45, 7) is 5.96. The summed E-state index contributed by atoms with van der Waals surface area (Å²) in [4.78, 5) is 10.3. The highest BCUT2D eigenvalue weighted by Crippen LogP contribution is 2.35. The maximum atomic E-state index is 4.96. The van der Waals surface area contributed by atoms with Crippen molar-refractivity contribution in [1.82, 2.24) is 19.9 Å². The topological polar surface area (TPSA) is 42.7 Å². The molecule has 5 heteroatoms. The molecule has 2 aromatic heterocycles. The molecule has 4 nitrogen and oxygen atoms in total. The standard InChI is InChI=1S/C20H24N4S/c1-15(2)19-20(25-17-7-5-4-6-8-17)24(18(23-19)13-21-3)14-16-9-11-22-12-10-16/h4-12,15,21H,13-14H2,1-3H3. The fourth-order valence-corrected chi connectivity index (χ4v) is 3.90. The van der Waals surface area contributed by atoms with E-state index >= 15 is 0 Å². The van der Waals surface area contributed by atoms with Gasteiger partial charge in [0.2, 0.25) is 0 Å². The van der Waals surface area contributed by atoms with Gasteiger partial charge in [-0.25, -0.2) is 4.98 Å². The fourth-order valence-electron chi connectivity index (χ4n) is 2.71. The molecule has 3 rings (SSSR count). The first-order valence-electron chi connectivity index (χ1n) is 8.54. The molecule has 0 unspecified atom stereocenters. The highest BCUT2D eigenvalue weighted by atomic mass is 32.2. The average molecular weight is 353 g/mol. The Kier molecular flexibility index (Phi) is 5.89. The van der Waals surface area contributed by atoms with Crippen molar-refractivity contribution in [2.24, 2.45) is 0 Å². The van der Waals surface area contributed by atoms with E-state index in [1.54, 1.807) is 11.8 Å². The van der Waals surface area contributed by atoms with Crippen LogP contribution in [0.25, 0.3) is 0 Å². The van der Waals surface area contributed by atoms with Gasteiger partial charge in [-0.2, -0.15) is 0 Å². The minimum atomic E-state index is 0.375. The molecule has 0 aliphatic rings. The number of pyridine rings is 1. The molecule has 0 amide bonds. The quantitative estimate of drug-likeness (QED) is 0.688. The van der Waals surface area contributed by atoms with Crippen LogP contribution in [0.3, 0.4) is 0 Å². The molecule has 0 radical (unpaired) electrons. The molecule has 0 aliphatic heterocycles. The van der Waals surface area contributed by atoms with Gasteiger partial charge in [0.1, 0.15) is 10.9 Å². The van der Waals surface area contributed by atoms with Crippen molar-refractivity contribution in [3.05, 3.63) is 71.9 Å². The summed E-state index contributed by atoms with van der Waals surface area (Å²) in [7, 11) is 1.96. The first-order valence-corrected chi connectivity index (χ1v) is 9.36. The molecular formula is C20H24N4S. The van der Waals surface area contributed by atoms with Gasteiger partial charge >= 0.3 is 0 Å². The summed E-state index contributed by atoms with van der Waals surface area (Å²) in [5, 5.41) is 4.47. The van der Waals surface area contributed by atoms with Crippen LogP contribution < -0.4 is 5.32 Å². The number of nitrogens with zero attached hydrogens (tertiary/aromatic N) is 3. The van der Waals surface area contributed by atoms with Crippen LogP contribution in [0.2, 0.25) is 0 Å². The Balaban J connectivity index is 2.05. The van der Waals surface area contributed by atoms with Crippen molar-refractivity contribution in [2.75, 3.05) is 7.05 Å². The molecular weight excluding hydrogens is 328 g/mol. The Bertz CT molecular complexity index is 797. The maximum absolute atomic E-state index is 4.96. The fraction of sp³-hybridized carbons (Fsp3) is 0.300. The molecule has 0 aliphatic carbocycles. The molecule has 130 valence electrons. The van der Waals surface area contributed by atoms with E-state index in [2.05, 4.69) is 65.1 Å². The number of hydrogen-bond acceptors (Lipinski definition) is 4. The minimum Gasteiger partial charge on any atom is -0.317 e. The first kappa shape index (κ1) is 17.7. The summed E-state index contributed by atoms with van der Waals surface area (Å²) < 4.78 is 2.33. The third-order valence-electron chi connectivity index (χ3n) is 3.95. The zero-order valence-electron chi connectivity index (χ0n) is 14.9. The van der Waals surface area contributed by atoms with Gasteiger partial charge in [-0.1, -0.05) is 43.8 Å². The Morgan fingerprint density at radius 1 is 1.08 bits per heavy atom. The smallest absolute Gasteiger partial charge is 0.124 e. The second kappa shape index (κ2) is 8.32. The predicted octanol–water partition coefficient (Wildman–Crippen LogP) is 4.32. The van der Waals surface area contributed by atoms with Crippen molar-refractivity contribution < 1.29 is 0 Å². The molecule has 2 heterocycles. The average Bonchev–Trinajstić information content (AvgIpc) is 2.95. The maximum Gasteiger partial charge on any atom is 0.124 e. The Morgan fingerprint density at radius 3 is 2.44 bits per heavy atom. The molecule has 1 N–H and O–H groups in total. The minimum absolute atomic E-state index is 0.375. The van der Waals surface area contributed by atoms with Crippen molar-refractivity contribution in [3.8, 4) is 0 Å². The third kappa shape index (κ3) is 4.30. The normalized spacial score (nSPS) is 11.2. The SMILES string of the molecule is CNCc1nc(C(C)C)c(Sc2ccccc2)n1Cc1ccncc1. The zero-order chi connectivity index (χ0) is 17.6. The lowest BCUT2D eigenvalue weighted by molar-refractivity contribution is 0.637. The second-order valence-electron chi connectivity index (χ2n) is 6.26. The Hall–Kier alpha value is -2.11. The van der Waals surface area contributed by atoms with E-state index in [4.69, 9.17) is 4.98 Å². The Morgan fingerprint density at radius 2 is 1.80 bits per heavy atom. The zero-order valence-corrected chi connectivity index (χ0v) is 15.8. The van der Waals surface area contributed by atoms with Gasteiger partial charge in [0.15, 0.2) is 0 Å². The van der Waals surface area contributed by atoms with Gasteiger partial charge in [0.05, 0.1) is 12.2 Å². The summed E-state index contributed by atoms with van der Waals surface area (Å²) in [6.07, 6.45) is 3.69. The molecule has 0 fully saturated rings. The van der Waals surface area contributed by atoms with E-state index in [0.29, 0.717) is 5.92 Å². The van der Waals surface area contributed by atoms with Gasteiger partial charge in [0, 0.05) is 23.8 Å². The number of nitrogens with one attached hydrogen (secondary N) is 1. The van der Waals surface area contributed by atoms with Crippen LogP contribution in [0, 0.1) is 0 Å². The predicted molar refractivity (Wildman–Crippen MR) is 103 cm³/mol. The molecule has 0 spiro atoms. The summed E-state index contributed by atoms with van der Waals surface area (Å²) in [5.74, 6) is 1.45. The van der Waals surface area contributed by atoms with E-state index in [1.807, 2.05) is 25.5 Å². The molecule has 0 saturated heterocycles. The van der Waals surface area contributed by atoms with E-state index in [1.165, 1.54) is 15.5 Å². The summed E-state index contributed by atoms with van der Waals surface area (Å²) in [6, 6.07) is 14.6. The van der Waals surface area contributed by atoms with Crippen molar-refractivity contribution in [2.45, 2.75) is 42.8 Å². The molecule has 0 bridgehead atoms. The number of hydrogen-bond donors (Lipinski definition) is 1. The molecule has 0 atom stereocenters. The number of rotatable bonds is 7. The van der Waals surface area contributed by atoms with Crippen molar-refractivity contribution in [1.29, 1.82) is 0 Å². The van der Waals surface area contributed by atoms with E-state index in [-0.39, 0.29) is 0 Å². The third-order valence-corrected chi connectivity index (χ3v) is 5.09. The van der Waals surface area contributed by atoms with Crippen LogP contribution in [0.5, 0.6) is 0 Å². The van der Waals surface area contributed by atoms with Gasteiger partial charge in [-0.05, 0) is 42.8 Å². The molecule has 1 aromatic carbocycles. The largest absolute Gasteiger partial charge is 0.317 e. The monoisotopic (exact) mass is 352 g/mol. The number of aromatic nitrogens is 3. The lowest BCUT2D eigenvalue weighted by Crippen LogP contribution is -2.13. The van der Waals surface area contributed by atoms with Gasteiger partial charge < -0.3 is 9.88 Å². The lowest BCUT2D eigenvalue weighted by Gasteiger charge is -2.13. The van der Waals surface area contributed by atoms with E-state index < -0.39 is 0 Å². The van der Waals surface area contributed by atoms with Crippen LogP contribution in [0.1, 0.15) is 36.8 Å². The van der Waals surface area contributed by atoms with Crippen LogP contribution in [0.4, 0.5) is 0 Å². The highest BCUT2D eigenvalue weighted by Gasteiger charge is 2.20. The highest BCUT2D eigenvalue weighted by molar-refractivity contribution is 7.99. The number of imidazole rings is 1. The van der Waals surface area contributed by atoms with Gasteiger partial charge in [-0.15, -0.1) is 0 Å². The van der Waals surface area contributed by atoms with Gasteiger partial charge in [-0.3, -0.25) is 4.98 Å². The molecule has 3 aromatic rings. The van der Waals surface area contributed by atoms with Crippen LogP contribution in [0.15, 0.2) is 64.8 Å². The van der Waals surface area contributed by atoms with Crippen LogP contribution >= 0.6 is 11.8 Å². The Labute approximate surface area is 153 Å². The number of benzene rings is 1. The summed E-state index contributed by atoms with van der Waals surface area (Å²) >= 11 is 1.79. The van der Waals surface area contributed by atoms with Gasteiger partial charge in [0.25, 0.3) is 0 Å². The summed E-state index contributed by atoms with van der Waals surface area (Å²) in [5.41, 5.74) is 2.39. The first-order chi connectivity index (χ1) is 12.2. The second-order valence-corrected chi connectivity index (χ2v) is 7.32. The molecule has 0 saturated carbocycles. The van der Waals surface area contributed by atoms with Crippen molar-refractivity contribution >= 4 is 11.8 Å². The van der Waals surface area contributed by atoms with Crippen LogP contribution in [-0.4, -0.2) is 21.6 Å². The van der Waals surface area contributed by atoms with Crippen molar-refractivity contribution in [3.63, 3.8) is 0 Å². The van der Waals surface area contributed by atoms with E-state index in [0.717, 1.165) is 24.6 Å². The lowest BCUT2D eigenvalue weighted by atomic mass is 10.1. The van der Waals surface area contributed by atoms with Crippen LogP contribution in [-0.2, 0) is 13.1 Å².